The second-order valence-electron chi connectivity index (χ2n) is 35.4. The van der Waals surface area contributed by atoms with E-state index >= 15 is 38.4 Å². The maximum Gasteiger partial charge on any atom is 0.305 e. The number of rotatable bonds is 27. The number of benzene rings is 5. The summed E-state index contributed by atoms with van der Waals surface area (Å²) < 4.78 is 0. The van der Waals surface area contributed by atoms with E-state index in [0.717, 1.165) is 16.0 Å². The number of nitrogens with two attached hydrogens (primary N) is 3. The summed E-state index contributed by atoms with van der Waals surface area (Å²) >= 11 is 0.709. The first kappa shape index (κ1) is 110. The number of aromatic nitrogens is 1. The first-order valence-electron chi connectivity index (χ1n) is 45.9. The molecule has 0 aliphatic carbocycles. The van der Waals surface area contributed by atoms with Gasteiger partial charge in [-0.3, -0.25) is 92.3 Å². The number of thioether (sulfide) groups is 1. The molecule has 6 aromatic rings. The molecule has 2 aliphatic heterocycles. The number of likely N-dealkylation sites (N-methyl/N-ethyl adjacent to an activating group) is 1. The van der Waals surface area contributed by atoms with Crippen molar-refractivity contribution in [2.75, 3.05) is 51.3 Å². The summed E-state index contributed by atoms with van der Waals surface area (Å²) in [5, 5.41) is 87.0. The minimum Gasteiger partial charge on any atom is -0.508 e. The molecule has 27 N–H and O–H groups in total. The molecule has 0 radical (unpaired) electrons. The van der Waals surface area contributed by atoms with Gasteiger partial charge in [0.25, 0.3) is 0 Å². The number of nitrogens with zero attached hydrogens (tertiary/aromatic N) is 2. The van der Waals surface area contributed by atoms with Gasteiger partial charge in [-0.25, -0.2) is 0 Å². The summed E-state index contributed by atoms with van der Waals surface area (Å²) in [6.45, 7) is 9.20. The van der Waals surface area contributed by atoms with Crippen molar-refractivity contribution in [3.8, 4) is 16.9 Å². The Kier molecular flexibility index (Phi) is 42.3. The quantitative estimate of drug-likeness (QED) is 0.0153. The molecule has 1 aromatic heterocycles. The number of carboxylic acid groups (broad SMARTS) is 1. The minimum absolute atomic E-state index is 0.00124. The van der Waals surface area contributed by atoms with Crippen LogP contribution >= 0.6 is 11.8 Å². The summed E-state index contributed by atoms with van der Waals surface area (Å²) in [4.78, 5) is 254. The van der Waals surface area contributed by atoms with E-state index in [9.17, 15) is 58.5 Å². The number of phenols is 1. The van der Waals surface area contributed by atoms with Gasteiger partial charge in [-0.05, 0) is 121 Å². The topological polar surface area (TPSA) is 679 Å². The molecule has 16 amide bonds. The van der Waals surface area contributed by atoms with Crippen LogP contribution < -0.4 is 97.0 Å². The fourth-order valence-corrected chi connectivity index (χ4v) is 16.6. The molecular formula is C95H129N23O20S. The molecule has 1 unspecified atom stereocenters. The number of aliphatic carboxylic acids is 1. The molecule has 0 spiro atoms. The molecular weight excluding hydrogens is 1820 g/mol. The number of para-hydroxylation sites is 1. The number of aromatic hydroxyl groups is 1. The van der Waals surface area contributed by atoms with Gasteiger partial charge in [-0.15, -0.1) is 11.8 Å². The largest absolute Gasteiger partial charge is 0.508 e. The van der Waals surface area contributed by atoms with E-state index in [-0.39, 0.29) is 101 Å². The van der Waals surface area contributed by atoms with Crippen molar-refractivity contribution in [1.82, 2.24) is 94.5 Å². The van der Waals surface area contributed by atoms with Crippen LogP contribution in [0.2, 0.25) is 0 Å². The lowest BCUT2D eigenvalue weighted by molar-refractivity contribution is -0.148. The Balaban J connectivity index is 1.21. The number of amides is 16. The highest BCUT2D eigenvalue weighted by Crippen LogP contribution is 2.26. The van der Waals surface area contributed by atoms with Crippen molar-refractivity contribution in [1.29, 1.82) is 10.8 Å². The molecule has 14 atom stereocenters. The lowest BCUT2D eigenvalue weighted by Crippen LogP contribution is -2.62. The summed E-state index contributed by atoms with van der Waals surface area (Å²) in [7, 11) is 1.30. The number of hydrogen-bond acceptors (Lipinski definition) is 22. The van der Waals surface area contributed by atoms with E-state index in [2.05, 4.69) is 84.7 Å². The number of aliphatic hydroxyl groups excluding tert-OH is 1. The molecule has 2 saturated heterocycles. The van der Waals surface area contributed by atoms with E-state index in [4.69, 9.17) is 28.0 Å². The van der Waals surface area contributed by atoms with E-state index in [0.29, 0.717) is 39.4 Å². The first-order valence-corrected chi connectivity index (χ1v) is 47.1. The van der Waals surface area contributed by atoms with Crippen LogP contribution in [-0.4, -0.2) is 278 Å². The average Bonchev–Trinajstić information content (AvgIpc) is 1.72. The highest BCUT2D eigenvalue weighted by Gasteiger charge is 2.44. The number of primary amides is 1. The molecule has 2 aliphatic rings. The monoisotopic (exact) mass is 1940 g/mol. The smallest absolute Gasteiger partial charge is 0.305 e. The summed E-state index contributed by atoms with van der Waals surface area (Å²) in [5.41, 5.74) is 20.5. The predicted molar refractivity (Wildman–Crippen MR) is 516 cm³/mol. The Labute approximate surface area is 808 Å². The molecule has 3 heterocycles. The molecule has 5 aromatic carbocycles. The van der Waals surface area contributed by atoms with Gasteiger partial charge in [0.2, 0.25) is 94.5 Å². The second kappa shape index (κ2) is 53.7. The molecule has 44 heteroatoms. The van der Waals surface area contributed by atoms with Gasteiger partial charge >= 0.3 is 5.97 Å². The van der Waals surface area contributed by atoms with Crippen molar-refractivity contribution < 1.29 is 96.8 Å². The third-order valence-corrected chi connectivity index (χ3v) is 24.4. The number of nitrogens with one attached hydrogen (secondary N) is 18. The first-order chi connectivity index (χ1) is 66.1. The molecule has 2 fully saturated rings. The fourth-order valence-electron chi connectivity index (χ4n) is 15.8. The van der Waals surface area contributed by atoms with Crippen LogP contribution in [0.15, 0.2) is 140 Å². The molecule has 0 saturated carbocycles. The van der Waals surface area contributed by atoms with Crippen molar-refractivity contribution in [2.45, 2.75) is 210 Å². The van der Waals surface area contributed by atoms with Crippen LogP contribution in [0.5, 0.6) is 5.75 Å². The summed E-state index contributed by atoms with van der Waals surface area (Å²) in [6, 6.07) is 14.3. The number of carbonyl (C=O) groups is 17. The predicted octanol–water partition coefficient (Wildman–Crippen LogP) is -1.83. The average molecular weight is 1950 g/mol. The lowest BCUT2D eigenvalue weighted by Gasteiger charge is -2.34. The van der Waals surface area contributed by atoms with Crippen molar-refractivity contribution >= 4 is 135 Å². The van der Waals surface area contributed by atoms with Crippen LogP contribution in [-0.2, 0) is 107 Å². The van der Waals surface area contributed by atoms with Crippen LogP contribution in [0.3, 0.4) is 0 Å². The van der Waals surface area contributed by atoms with Crippen molar-refractivity contribution in [2.24, 2.45) is 35.0 Å². The molecule has 8 rings (SSSR count). The number of H-pyrrole nitrogens is 1. The number of hydrogen-bond donors (Lipinski definition) is 24. The number of aromatic amines is 1. The number of aliphatic hydroxyl groups is 1. The van der Waals surface area contributed by atoms with Crippen LogP contribution in [0.4, 0.5) is 0 Å². The Morgan fingerprint density at radius 2 is 0.935 bits per heavy atom. The third kappa shape index (κ3) is 34.2. The highest BCUT2D eigenvalue weighted by atomic mass is 32.2. The summed E-state index contributed by atoms with van der Waals surface area (Å²) in [5.74, 6) is -21.6. The SMILES string of the molecule is CC(C)C[C@@H]1NC(=O)[C@H](CCCNC(=N)N)NC(=O)C2CCCN2C(=O)[C@H](C)N(C)C(=O)[C@H](CCCNC(=N)N)NC(=O)[C@H](Cc2ccc(-c3ccccc3)cc2)NC(=O)[C@H](C(C)C)NC(=O)[C@H](Cc2c[nH]c3ccccc23)NC(=O)[C@H](CC(=O)O)NC(=O)[C@H](Cc2ccc(O)cc2)NC(=O)[C@H](Cc2ccccc2)NC(=O)CSC[C@@H](C(=O)NCC(N)=O)NC(=O)[C@H](CO)NC(=O)[C@H](C(C)C)NC1=O. The van der Waals surface area contributed by atoms with E-state index in [1.807, 2.05) is 30.3 Å². The van der Waals surface area contributed by atoms with Gasteiger partial charge in [0.1, 0.15) is 90.3 Å². The zero-order valence-electron chi connectivity index (χ0n) is 78.8. The number of guanidine groups is 2. The second-order valence-corrected chi connectivity index (χ2v) is 36.4. The van der Waals surface area contributed by atoms with Gasteiger partial charge in [-0.2, -0.15) is 0 Å². The Morgan fingerprint density at radius 1 is 0.489 bits per heavy atom. The number of carboxylic acids is 1. The number of phenolic OH excluding ortho intramolecular Hbond substituents is 1. The van der Waals surface area contributed by atoms with Crippen LogP contribution in [0, 0.1) is 28.6 Å². The molecule has 750 valence electrons. The van der Waals surface area contributed by atoms with E-state index < -0.39 is 246 Å². The van der Waals surface area contributed by atoms with Gasteiger partial charge in [-0.1, -0.05) is 157 Å². The van der Waals surface area contributed by atoms with Crippen molar-refractivity contribution in [3.05, 3.63) is 162 Å². The van der Waals surface area contributed by atoms with Gasteiger partial charge < -0.3 is 127 Å². The third-order valence-electron chi connectivity index (χ3n) is 23.4. The molecule has 43 nitrogen and oxygen atoms in total. The van der Waals surface area contributed by atoms with Gasteiger partial charge in [0.15, 0.2) is 11.9 Å². The highest BCUT2D eigenvalue weighted by molar-refractivity contribution is 8.00. The maximum absolute atomic E-state index is 15.5. The zero-order valence-corrected chi connectivity index (χ0v) is 79.7. The van der Waals surface area contributed by atoms with Crippen molar-refractivity contribution in [3.63, 3.8) is 0 Å². The fraction of sp³-hybridized carbons (Fsp3) is 0.463. The normalized spacial score (nSPS) is 23.1. The Morgan fingerprint density at radius 3 is 1.48 bits per heavy atom. The molecule has 139 heavy (non-hydrogen) atoms. The van der Waals surface area contributed by atoms with Gasteiger partial charge in [0, 0.05) is 75.2 Å². The van der Waals surface area contributed by atoms with E-state index in [1.54, 1.807) is 113 Å². The molecule has 0 bridgehead atoms. The number of fused-ring (bicyclic) bond motifs is 2. The summed E-state index contributed by atoms with van der Waals surface area (Å²) in [6.07, 6.45) is -0.909. The zero-order chi connectivity index (χ0) is 102. The Hall–Kier alpha value is -14.7. The number of carbonyl (C=O) groups excluding carboxylic acids is 16. The lowest BCUT2D eigenvalue weighted by atomic mass is 9.98. The Bertz CT molecular complexity index is 5320. The van der Waals surface area contributed by atoms with E-state index in [1.165, 1.54) is 57.0 Å². The van der Waals surface area contributed by atoms with Crippen LogP contribution in [0.25, 0.3) is 22.0 Å². The van der Waals surface area contributed by atoms with Gasteiger partial charge in [0.05, 0.1) is 25.3 Å². The maximum atomic E-state index is 15.5. The minimum atomic E-state index is -2.08. The standard InChI is InChI=1S/C95H129N23O20S/c1-51(2)40-66-86(131)115-79(53(5)6)91(136)113-72(48-119)88(133)114-73(80(125)104-47-75(96)121)49-139-50-76(122)105-67(41-55-20-11-9-12-21-55)82(127)109-68(43-57-31-35-61(120)36-32-57)84(129)111-71(45-77(123)124)85(130)110-70(44-60-46-103-63-25-16-15-24-62(60)63)87(132)116-78(52(3)4)90(135)112-69(42-56-29-33-59(34-30-56)58-22-13-10-14-23-58)83(128)107-65(27-18-38-102-95(99)100)93(138)117(8)54(7)92(137)118-39-19-28-74(118)89(134)106-64(81(126)108-66)26-17-37-101-94(97)98/h9-16,20-25,29-36,46,51-54,64-74,78-79,103,119-120H,17-19,26-28,37-45,47-50H2,1-8H3,(H2,96,121)(H,104,125)(H,105,122)(H,106,134)(H,107,128)(H,108,126)(H,109,127)(H,110,130)(H,111,129)(H,112,135)(H,113,136)(H,114,133)(H,115,131)(H,116,132)(H,123,124)(H4,97,98,101)(H4,99,100,102)/t54-,64-,65-,66-,67-,68-,69-,70-,71-,72-,73-,74?,78-,79-/m0/s1. The van der Waals surface area contributed by atoms with Crippen LogP contribution in [0.1, 0.15) is 122 Å².